The van der Waals surface area contributed by atoms with Crippen molar-refractivity contribution in [1.29, 1.82) is 0 Å². The van der Waals surface area contributed by atoms with Gasteiger partial charge in [0.05, 0.1) is 17.0 Å². The summed E-state index contributed by atoms with van der Waals surface area (Å²) in [6, 6.07) is 7.30. The number of aryl methyl sites for hydroxylation is 2. The Kier molecular flexibility index (Phi) is 3.76. The highest BCUT2D eigenvalue weighted by molar-refractivity contribution is 6.00. The van der Waals surface area contributed by atoms with E-state index in [1.165, 1.54) is 0 Å². The summed E-state index contributed by atoms with van der Waals surface area (Å²) in [5.41, 5.74) is 4.23. The number of nitrogens with zero attached hydrogens (tertiary/aromatic N) is 3. The number of nitrogens with one attached hydrogen (secondary N) is 1. The first-order valence-electron chi connectivity index (χ1n) is 8.09. The topological polar surface area (TPSA) is 94.1 Å². The number of furan rings is 1. The molecule has 0 aliphatic carbocycles. The minimum atomic E-state index is -0.294. The Morgan fingerprint density at radius 2 is 2.08 bits per heavy atom. The molecule has 0 aliphatic heterocycles. The van der Waals surface area contributed by atoms with E-state index in [0.29, 0.717) is 22.7 Å². The van der Waals surface area contributed by atoms with Crippen molar-refractivity contribution in [2.45, 2.75) is 13.8 Å². The Balaban J connectivity index is 2.03. The lowest BCUT2D eigenvalue weighted by Gasteiger charge is -2.06. The largest absolute Gasteiger partial charge is 0.449 e. The monoisotopic (exact) mass is 348 g/mol. The van der Waals surface area contributed by atoms with Crippen molar-refractivity contribution in [3.63, 3.8) is 0 Å². The van der Waals surface area contributed by atoms with Crippen molar-refractivity contribution < 1.29 is 13.7 Å². The fourth-order valence-corrected chi connectivity index (χ4v) is 2.96. The Labute approximate surface area is 149 Å². The number of amides is 1. The third-order valence-corrected chi connectivity index (χ3v) is 4.18. The van der Waals surface area contributed by atoms with Crippen LogP contribution in [0.3, 0.4) is 0 Å². The van der Waals surface area contributed by atoms with E-state index in [1.807, 2.05) is 32.0 Å². The van der Waals surface area contributed by atoms with E-state index in [-0.39, 0.29) is 11.7 Å². The molecule has 4 heterocycles. The summed E-state index contributed by atoms with van der Waals surface area (Å²) in [6.45, 7) is 3.71. The van der Waals surface area contributed by atoms with E-state index in [2.05, 4.69) is 15.5 Å². The number of fused-ring (bicyclic) bond motifs is 1. The van der Waals surface area contributed by atoms with E-state index >= 15 is 0 Å². The lowest BCUT2D eigenvalue weighted by atomic mass is 10.1. The van der Waals surface area contributed by atoms with Gasteiger partial charge in [0.1, 0.15) is 11.5 Å². The van der Waals surface area contributed by atoms with E-state index in [4.69, 9.17) is 13.9 Å². The molecule has 130 valence electrons. The molecule has 0 aromatic carbocycles. The van der Waals surface area contributed by atoms with Crippen molar-refractivity contribution in [2.75, 3.05) is 7.05 Å². The number of carbonyl (C=O) groups is 1. The normalized spacial score (nSPS) is 11.0. The molecule has 0 unspecified atom stereocenters. The molecular formula is C19H16N4O3. The molecule has 7 heteroatoms. The number of carbonyl (C=O) groups excluding carboxylic acids is 1. The summed E-state index contributed by atoms with van der Waals surface area (Å²) in [5, 5.41) is 7.35. The molecule has 0 saturated carbocycles. The Bertz CT molecular complexity index is 1090. The number of aromatic nitrogens is 3. The zero-order valence-corrected chi connectivity index (χ0v) is 14.5. The van der Waals surface area contributed by atoms with Gasteiger partial charge in [0.15, 0.2) is 11.3 Å². The molecular weight excluding hydrogens is 332 g/mol. The fraction of sp³-hybridized carbons (Fsp3) is 0.158. The highest BCUT2D eigenvalue weighted by atomic mass is 16.5. The molecule has 4 aromatic rings. The maximum atomic E-state index is 12.0. The van der Waals surface area contributed by atoms with E-state index in [0.717, 1.165) is 22.2 Å². The van der Waals surface area contributed by atoms with Crippen LogP contribution in [-0.2, 0) is 0 Å². The standard InChI is InChI=1S/C19H16N4O3/c1-10-16(11(2)26-23-10)14-7-13-8-15(19(24)20-3)25-18(13)17(22-14)12-5-4-6-21-9-12/h4-9H,1-3H3,(H,20,24). The smallest absolute Gasteiger partial charge is 0.286 e. The molecule has 0 aliphatic rings. The van der Waals surface area contributed by atoms with E-state index in [1.54, 1.807) is 25.5 Å². The molecule has 26 heavy (non-hydrogen) atoms. The van der Waals surface area contributed by atoms with Gasteiger partial charge in [-0.2, -0.15) is 0 Å². The molecule has 1 N–H and O–H groups in total. The summed E-state index contributed by atoms with van der Waals surface area (Å²) in [6.07, 6.45) is 3.40. The summed E-state index contributed by atoms with van der Waals surface area (Å²) in [7, 11) is 1.56. The predicted octanol–water partition coefficient (Wildman–Crippen LogP) is 3.52. The quantitative estimate of drug-likeness (QED) is 0.609. The van der Waals surface area contributed by atoms with Gasteiger partial charge in [-0.3, -0.25) is 9.78 Å². The van der Waals surface area contributed by atoms with Gasteiger partial charge in [-0.25, -0.2) is 4.98 Å². The summed E-state index contributed by atoms with van der Waals surface area (Å²) < 4.78 is 11.1. The van der Waals surface area contributed by atoms with Gasteiger partial charge in [0.2, 0.25) is 0 Å². The van der Waals surface area contributed by atoms with Crippen LogP contribution in [0.2, 0.25) is 0 Å². The Morgan fingerprint density at radius 3 is 2.73 bits per heavy atom. The lowest BCUT2D eigenvalue weighted by molar-refractivity contribution is 0.0938. The van der Waals surface area contributed by atoms with Gasteiger partial charge in [0.25, 0.3) is 5.91 Å². The number of pyridine rings is 2. The highest BCUT2D eigenvalue weighted by Gasteiger charge is 2.20. The van der Waals surface area contributed by atoms with Crippen LogP contribution < -0.4 is 5.32 Å². The van der Waals surface area contributed by atoms with Crippen molar-refractivity contribution in [3.8, 4) is 22.5 Å². The molecule has 0 bridgehead atoms. The minimum Gasteiger partial charge on any atom is -0.449 e. The molecule has 4 rings (SSSR count). The van der Waals surface area contributed by atoms with E-state index < -0.39 is 0 Å². The maximum Gasteiger partial charge on any atom is 0.286 e. The Morgan fingerprint density at radius 1 is 1.23 bits per heavy atom. The first kappa shape index (κ1) is 16.0. The summed E-state index contributed by atoms with van der Waals surface area (Å²) in [5.74, 6) is 0.615. The van der Waals surface area contributed by atoms with Crippen molar-refractivity contribution in [3.05, 3.63) is 53.9 Å². The van der Waals surface area contributed by atoms with Crippen LogP contribution in [0.15, 0.2) is 45.6 Å². The fourth-order valence-electron chi connectivity index (χ4n) is 2.96. The average Bonchev–Trinajstić information content (AvgIpc) is 3.24. The second kappa shape index (κ2) is 6.11. The molecule has 0 radical (unpaired) electrons. The van der Waals surface area contributed by atoms with Gasteiger partial charge < -0.3 is 14.3 Å². The first-order chi connectivity index (χ1) is 12.6. The average molecular weight is 348 g/mol. The van der Waals surface area contributed by atoms with Gasteiger partial charge >= 0.3 is 0 Å². The van der Waals surface area contributed by atoms with Crippen LogP contribution in [0.5, 0.6) is 0 Å². The van der Waals surface area contributed by atoms with Gasteiger partial charge in [-0.05, 0) is 38.1 Å². The molecule has 1 amide bonds. The van der Waals surface area contributed by atoms with Crippen molar-refractivity contribution in [2.24, 2.45) is 0 Å². The minimum absolute atomic E-state index is 0.227. The van der Waals surface area contributed by atoms with Crippen LogP contribution >= 0.6 is 0 Å². The SMILES string of the molecule is CNC(=O)c1cc2cc(-c3c(C)noc3C)nc(-c3cccnc3)c2o1. The highest BCUT2D eigenvalue weighted by Crippen LogP contribution is 2.34. The molecule has 0 fully saturated rings. The zero-order chi connectivity index (χ0) is 18.3. The first-order valence-corrected chi connectivity index (χ1v) is 8.09. The van der Waals surface area contributed by atoms with Crippen LogP contribution in [0.1, 0.15) is 22.0 Å². The number of hydrogen-bond acceptors (Lipinski definition) is 6. The summed E-state index contributed by atoms with van der Waals surface area (Å²) >= 11 is 0. The number of rotatable bonds is 3. The van der Waals surface area contributed by atoms with Crippen molar-refractivity contribution >= 4 is 16.9 Å². The zero-order valence-electron chi connectivity index (χ0n) is 14.5. The second-order valence-corrected chi connectivity index (χ2v) is 5.91. The molecule has 4 aromatic heterocycles. The van der Waals surface area contributed by atoms with Gasteiger partial charge in [-0.1, -0.05) is 5.16 Å². The third-order valence-electron chi connectivity index (χ3n) is 4.18. The van der Waals surface area contributed by atoms with Crippen LogP contribution in [0.25, 0.3) is 33.5 Å². The van der Waals surface area contributed by atoms with E-state index in [9.17, 15) is 4.79 Å². The number of hydrogen-bond donors (Lipinski definition) is 1. The van der Waals surface area contributed by atoms with Crippen LogP contribution in [0.4, 0.5) is 0 Å². The molecule has 7 nitrogen and oxygen atoms in total. The summed E-state index contributed by atoms with van der Waals surface area (Å²) in [4.78, 5) is 20.9. The molecule has 0 saturated heterocycles. The predicted molar refractivity (Wildman–Crippen MR) is 95.6 cm³/mol. The molecule has 0 atom stereocenters. The maximum absolute atomic E-state index is 12.0. The van der Waals surface area contributed by atoms with Gasteiger partial charge in [-0.15, -0.1) is 0 Å². The third kappa shape index (κ3) is 2.54. The molecule has 0 spiro atoms. The van der Waals surface area contributed by atoms with Crippen LogP contribution in [0, 0.1) is 13.8 Å². The Hall–Kier alpha value is -3.48. The lowest BCUT2D eigenvalue weighted by Crippen LogP contribution is -2.16. The van der Waals surface area contributed by atoms with Crippen LogP contribution in [-0.4, -0.2) is 28.1 Å². The van der Waals surface area contributed by atoms with Crippen molar-refractivity contribution in [1.82, 2.24) is 20.4 Å². The van der Waals surface area contributed by atoms with Gasteiger partial charge in [0, 0.05) is 30.4 Å². The second-order valence-electron chi connectivity index (χ2n) is 5.91.